The van der Waals surface area contributed by atoms with Crippen molar-refractivity contribution in [3.63, 3.8) is 0 Å². The van der Waals surface area contributed by atoms with Crippen LogP contribution in [0.5, 0.6) is 0 Å². The van der Waals surface area contributed by atoms with Crippen LogP contribution in [0.4, 0.5) is 0 Å². The molecule has 6 nitrogen and oxygen atoms in total. The van der Waals surface area contributed by atoms with E-state index in [9.17, 15) is 9.59 Å². The zero-order valence-corrected chi connectivity index (χ0v) is 16.4. The van der Waals surface area contributed by atoms with Gasteiger partial charge in [-0.05, 0) is 36.8 Å². The molecule has 1 N–H and O–H groups in total. The number of aryl methyl sites for hydroxylation is 1. The molecule has 0 saturated carbocycles. The molecule has 0 bridgehead atoms. The Kier molecular flexibility index (Phi) is 6.85. The van der Waals surface area contributed by atoms with E-state index in [1.165, 1.54) is 11.1 Å². The monoisotopic (exact) mass is 373 g/mol. The van der Waals surface area contributed by atoms with E-state index in [1.807, 2.05) is 19.2 Å². The van der Waals surface area contributed by atoms with Gasteiger partial charge in [-0.2, -0.15) is 0 Å². The van der Waals surface area contributed by atoms with Crippen LogP contribution in [0, 0.1) is 12.8 Å². The zero-order chi connectivity index (χ0) is 19.2. The first kappa shape index (κ1) is 19.8. The molecule has 0 radical (unpaired) electrons. The number of benzene rings is 1. The van der Waals surface area contributed by atoms with E-state index in [2.05, 4.69) is 29.3 Å². The molecule has 2 saturated heterocycles. The Morgan fingerprint density at radius 1 is 1.30 bits per heavy atom. The highest BCUT2D eigenvalue weighted by atomic mass is 16.5. The number of ether oxygens (including phenoxy) is 1. The first-order valence-electron chi connectivity index (χ1n) is 9.92. The minimum atomic E-state index is -0.400. The molecule has 1 aromatic rings. The molecular weight excluding hydrogens is 342 g/mol. The third-order valence-electron chi connectivity index (χ3n) is 5.74. The van der Waals surface area contributed by atoms with Gasteiger partial charge in [0.1, 0.15) is 0 Å². The van der Waals surface area contributed by atoms with Crippen molar-refractivity contribution in [3.8, 4) is 0 Å². The Morgan fingerprint density at radius 3 is 2.78 bits per heavy atom. The summed E-state index contributed by atoms with van der Waals surface area (Å²) in [5.74, 6) is 0.497. The van der Waals surface area contributed by atoms with Crippen molar-refractivity contribution < 1.29 is 14.3 Å². The molecule has 148 valence electrons. The van der Waals surface area contributed by atoms with Crippen LogP contribution in [-0.4, -0.2) is 67.6 Å². The van der Waals surface area contributed by atoms with Crippen molar-refractivity contribution >= 4 is 11.8 Å². The SMILES string of the molecule is Cc1ccccc1CN1CCNC(=O)[C@@H]1CC(=O)N(C)CC1CCOCC1. The molecule has 6 heteroatoms. The Morgan fingerprint density at radius 2 is 2.04 bits per heavy atom. The van der Waals surface area contributed by atoms with Crippen molar-refractivity contribution in [2.45, 2.75) is 38.8 Å². The average Bonchev–Trinajstić information content (AvgIpc) is 2.67. The molecule has 1 aromatic carbocycles. The predicted molar refractivity (Wildman–Crippen MR) is 104 cm³/mol. The summed E-state index contributed by atoms with van der Waals surface area (Å²) in [6, 6.07) is 7.82. The first-order chi connectivity index (χ1) is 13.0. The van der Waals surface area contributed by atoms with Crippen molar-refractivity contribution in [2.24, 2.45) is 5.92 Å². The van der Waals surface area contributed by atoms with Crippen LogP contribution in [0.2, 0.25) is 0 Å². The normalized spacial score (nSPS) is 21.7. The van der Waals surface area contributed by atoms with Crippen molar-refractivity contribution in [1.82, 2.24) is 15.1 Å². The van der Waals surface area contributed by atoms with Gasteiger partial charge in [-0.25, -0.2) is 0 Å². The molecule has 2 heterocycles. The largest absolute Gasteiger partial charge is 0.381 e. The Bertz CT molecular complexity index is 658. The molecular formula is C21H31N3O3. The van der Waals surface area contributed by atoms with Gasteiger partial charge >= 0.3 is 0 Å². The second-order valence-corrected chi connectivity index (χ2v) is 7.74. The quantitative estimate of drug-likeness (QED) is 0.822. The highest BCUT2D eigenvalue weighted by Gasteiger charge is 2.33. The lowest BCUT2D eigenvalue weighted by Crippen LogP contribution is -2.56. The molecule has 3 rings (SSSR count). The molecule has 0 aliphatic carbocycles. The van der Waals surface area contributed by atoms with Crippen LogP contribution in [0.25, 0.3) is 0 Å². The molecule has 1 atom stereocenters. The number of carbonyl (C=O) groups excluding carboxylic acids is 2. The van der Waals surface area contributed by atoms with Gasteiger partial charge in [-0.3, -0.25) is 14.5 Å². The van der Waals surface area contributed by atoms with Gasteiger partial charge in [-0.15, -0.1) is 0 Å². The van der Waals surface area contributed by atoms with E-state index in [0.29, 0.717) is 19.0 Å². The van der Waals surface area contributed by atoms with Crippen LogP contribution in [-0.2, 0) is 20.9 Å². The lowest BCUT2D eigenvalue weighted by molar-refractivity contribution is -0.138. The fraction of sp³-hybridized carbons (Fsp3) is 0.619. The standard InChI is InChI=1S/C21H31N3O3/c1-16-5-3-4-6-18(16)15-24-10-9-22-21(26)19(24)13-20(25)23(2)14-17-7-11-27-12-8-17/h3-6,17,19H,7-15H2,1-2H3,(H,22,26)/t19-/m0/s1. The molecule has 2 fully saturated rings. The number of amides is 2. The third kappa shape index (κ3) is 5.30. The zero-order valence-electron chi connectivity index (χ0n) is 16.4. The lowest BCUT2D eigenvalue weighted by atomic mass is 9.99. The van der Waals surface area contributed by atoms with E-state index < -0.39 is 6.04 Å². The van der Waals surface area contributed by atoms with Crippen LogP contribution < -0.4 is 5.32 Å². The molecule has 2 aliphatic heterocycles. The maximum absolute atomic E-state index is 12.8. The van der Waals surface area contributed by atoms with Gasteiger partial charge in [0.2, 0.25) is 11.8 Å². The number of piperazine rings is 1. The van der Waals surface area contributed by atoms with Crippen molar-refractivity contribution in [2.75, 3.05) is 39.9 Å². The summed E-state index contributed by atoms with van der Waals surface area (Å²) in [4.78, 5) is 29.2. The summed E-state index contributed by atoms with van der Waals surface area (Å²) in [5.41, 5.74) is 2.42. The smallest absolute Gasteiger partial charge is 0.237 e. The highest BCUT2D eigenvalue weighted by molar-refractivity contribution is 5.88. The maximum Gasteiger partial charge on any atom is 0.237 e. The number of carbonyl (C=O) groups is 2. The van der Waals surface area contributed by atoms with Gasteiger partial charge in [0.05, 0.1) is 12.5 Å². The number of nitrogens with zero attached hydrogens (tertiary/aromatic N) is 2. The number of nitrogens with one attached hydrogen (secondary N) is 1. The van der Waals surface area contributed by atoms with E-state index in [-0.39, 0.29) is 18.2 Å². The molecule has 27 heavy (non-hydrogen) atoms. The predicted octanol–water partition coefficient (Wildman–Crippen LogP) is 1.57. The molecule has 0 spiro atoms. The maximum atomic E-state index is 12.8. The van der Waals surface area contributed by atoms with Crippen LogP contribution in [0.3, 0.4) is 0 Å². The summed E-state index contributed by atoms with van der Waals surface area (Å²) in [5, 5.41) is 2.92. The number of rotatable bonds is 6. The van der Waals surface area contributed by atoms with Gasteiger partial charge < -0.3 is 15.0 Å². The summed E-state index contributed by atoms with van der Waals surface area (Å²) < 4.78 is 5.39. The average molecular weight is 373 g/mol. The Balaban J connectivity index is 1.61. The second kappa shape index (κ2) is 9.33. The number of hydrogen-bond acceptors (Lipinski definition) is 4. The summed E-state index contributed by atoms with van der Waals surface area (Å²) in [6.07, 6.45) is 2.24. The van der Waals surface area contributed by atoms with E-state index in [0.717, 1.165) is 39.1 Å². The van der Waals surface area contributed by atoms with Crippen LogP contribution >= 0.6 is 0 Å². The fourth-order valence-corrected chi connectivity index (χ4v) is 3.92. The first-order valence-corrected chi connectivity index (χ1v) is 9.92. The number of hydrogen-bond donors (Lipinski definition) is 1. The lowest BCUT2D eigenvalue weighted by Gasteiger charge is -2.36. The second-order valence-electron chi connectivity index (χ2n) is 7.74. The summed E-state index contributed by atoms with van der Waals surface area (Å²) in [7, 11) is 1.85. The molecule has 0 aromatic heterocycles. The van der Waals surface area contributed by atoms with Crippen LogP contribution in [0.15, 0.2) is 24.3 Å². The Labute approximate surface area is 161 Å². The van der Waals surface area contributed by atoms with Gasteiger partial charge in [0, 0.05) is 46.4 Å². The third-order valence-corrected chi connectivity index (χ3v) is 5.74. The molecule has 2 amide bonds. The van der Waals surface area contributed by atoms with E-state index in [1.54, 1.807) is 4.90 Å². The van der Waals surface area contributed by atoms with Gasteiger partial charge in [0.15, 0.2) is 0 Å². The minimum absolute atomic E-state index is 0.0392. The fourth-order valence-electron chi connectivity index (χ4n) is 3.92. The van der Waals surface area contributed by atoms with E-state index in [4.69, 9.17) is 4.74 Å². The van der Waals surface area contributed by atoms with E-state index >= 15 is 0 Å². The summed E-state index contributed by atoms with van der Waals surface area (Å²) in [6.45, 7) is 6.48. The molecule has 2 aliphatic rings. The molecule has 0 unspecified atom stereocenters. The summed E-state index contributed by atoms with van der Waals surface area (Å²) >= 11 is 0. The van der Waals surface area contributed by atoms with Crippen molar-refractivity contribution in [1.29, 1.82) is 0 Å². The topological polar surface area (TPSA) is 61.9 Å². The van der Waals surface area contributed by atoms with Gasteiger partial charge in [-0.1, -0.05) is 24.3 Å². The van der Waals surface area contributed by atoms with Crippen molar-refractivity contribution in [3.05, 3.63) is 35.4 Å². The highest BCUT2D eigenvalue weighted by Crippen LogP contribution is 2.19. The Hall–Kier alpha value is -1.92. The minimum Gasteiger partial charge on any atom is -0.381 e. The van der Waals surface area contributed by atoms with Crippen LogP contribution in [0.1, 0.15) is 30.4 Å². The van der Waals surface area contributed by atoms with Gasteiger partial charge in [0.25, 0.3) is 0 Å².